The molecule has 2 rings (SSSR count). The molecule has 0 bridgehead atoms. The molecule has 0 aliphatic rings. The second-order valence-corrected chi connectivity index (χ2v) is 4.27. The first-order valence-corrected chi connectivity index (χ1v) is 6.23. The summed E-state index contributed by atoms with van der Waals surface area (Å²) in [5.41, 5.74) is 2.47. The molecule has 20 heavy (non-hydrogen) atoms. The van der Waals surface area contributed by atoms with Gasteiger partial charge >= 0.3 is 0 Å². The average molecular weight is 271 g/mol. The molecule has 0 fully saturated rings. The molecule has 4 nitrogen and oxygen atoms in total. The number of carbonyl (C=O) groups is 1. The minimum absolute atomic E-state index is 0.248. The van der Waals surface area contributed by atoms with E-state index in [-0.39, 0.29) is 5.91 Å². The Balaban J connectivity index is 2.47. The molecule has 0 aromatic heterocycles. The van der Waals surface area contributed by atoms with Crippen molar-refractivity contribution in [3.63, 3.8) is 0 Å². The van der Waals surface area contributed by atoms with Crippen LogP contribution < -0.4 is 4.74 Å². The lowest BCUT2D eigenvalue weighted by molar-refractivity contribution is -0.0758. The predicted octanol–water partition coefficient (Wildman–Crippen LogP) is 3.00. The molecule has 0 saturated carbocycles. The van der Waals surface area contributed by atoms with E-state index < -0.39 is 0 Å². The Bertz CT molecular complexity index is 596. The standard InChI is InChI=1S/C16H17NO3/c1-17(20-3)16(18)14-11-13(9-10-15(14)19-2)12-7-5-4-6-8-12/h4-11H,1-3H3. The molecule has 104 valence electrons. The molecule has 0 saturated heterocycles. The van der Waals surface area contributed by atoms with Crippen LogP contribution in [0.15, 0.2) is 48.5 Å². The van der Waals surface area contributed by atoms with Gasteiger partial charge in [0.25, 0.3) is 5.91 Å². The molecule has 0 unspecified atom stereocenters. The number of nitrogens with zero attached hydrogens (tertiary/aromatic N) is 1. The summed E-state index contributed by atoms with van der Waals surface area (Å²) in [7, 11) is 4.56. The number of rotatable bonds is 4. The monoisotopic (exact) mass is 271 g/mol. The van der Waals surface area contributed by atoms with Crippen LogP contribution >= 0.6 is 0 Å². The van der Waals surface area contributed by atoms with Gasteiger partial charge in [0.2, 0.25) is 0 Å². The smallest absolute Gasteiger partial charge is 0.280 e. The van der Waals surface area contributed by atoms with Crippen molar-refractivity contribution in [1.82, 2.24) is 5.06 Å². The molecule has 0 atom stereocenters. The van der Waals surface area contributed by atoms with E-state index in [0.29, 0.717) is 11.3 Å². The van der Waals surface area contributed by atoms with Crippen LogP contribution in [0.1, 0.15) is 10.4 Å². The molecule has 0 heterocycles. The summed E-state index contributed by atoms with van der Waals surface area (Å²) in [6.45, 7) is 0. The third kappa shape index (κ3) is 2.81. The van der Waals surface area contributed by atoms with Crippen molar-refractivity contribution >= 4 is 5.91 Å². The summed E-state index contributed by atoms with van der Waals surface area (Å²) < 4.78 is 5.25. The number of methoxy groups -OCH3 is 1. The SMILES string of the molecule is COc1ccc(-c2ccccc2)cc1C(=O)N(C)OC. The molecular formula is C16H17NO3. The molecule has 1 amide bonds. The second-order valence-electron chi connectivity index (χ2n) is 4.27. The number of carbonyl (C=O) groups excluding carboxylic acids is 1. The maximum Gasteiger partial charge on any atom is 0.280 e. The number of hydrogen-bond acceptors (Lipinski definition) is 3. The van der Waals surface area contributed by atoms with Gasteiger partial charge in [-0.25, -0.2) is 5.06 Å². The van der Waals surface area contributed by atoms with E-state index in [0.717, 1.165) is 11.1 Å². The fraction of sp³-hybridized carbons (Fsp3) is 0.188. The van der Waals surface area contributed by atoms with E-state index in [1.807, 2.05) is 42.5 Å². The van der Waals surface area contributed by atoms with Crippen LogP contribution in [-0.4, -0.2) is 32.2 Å². The third-order valence-corrected chi connectivity index (χ3v) is 3.10. The highest BCUT2D eigenvalue weighted by Crippen LogP contribution is 2.27. The number of hydroxylamine groups is 2. The van der Waals surface area contributed by atoms with Crippen molar-refractivity contribution in [2.75, 3.05) is 21.3 Å². The maximum absolute atomic E-state index is 12.3. The fourth-order valence-electron chi connectivity index (χ4n) is 1.94. The van der Waals surface area contributed by atoms with Gasteiger partial charge in [0, 0.05) is 7.05 Å². The Kier molecular flexibility index (Phi) is 4.38. The zero-order valence-electron chi connectivity index (χ0n) is 11.8. The van der Waals surface area contributed by atoms with Crippen LogP contribution in [0, 0.1) is 0 Å². The Morgan fingerprint density at radius 2 is 1.70 bits per heavy atom. The summed E-state index contributed by atoms with van der Waals surface area (Å²) >= 11 is 0. The van der Waals surface area contributed by atoms with Crippen LogP contribution in [0.5, 0.6) is 5.75 Å². The predicted molar refractivity (Wildman–Crippen MR) is 77.5 cm³/mol. The van der Waals surface area contributed by atoms with E-state index >= 15 is 0 Å². The van der Waals surface area contributed by atoms with Crippen LogP contribution in [-0.2, 0) is 4.84 Å². The Labute approximate surface area is 118 Å². The number of ether oxygens (including phenoxy) is 1. The summed E-state index contributed by atoms with van der Waals surface area (Å²) in [6.07, 6.45) is 0. The van der Waals surface area contributed by atoms with Crippen molar-refractivity contribution in [2.45, 2.75) is 0 Å². The van der Waals surface area contributed by atoms with E-state index in [2.05, 4.69) is 0 Å². The molecule has 0 N–H and O–H groups in total. The van der Waals surface area contributed by atoms with Gasteiger partial charge < -0.3 is 4.74 Å². The van der Waals surface area contributed by atoms with Crippen molar-refractivity contribution in [1.29, 1.82) is 0 Å². The van der Waals surface area contributed by atoms with Crippen LogP contribution in [0.2, 0.25) is 0 Å². The van der Waals surface area contributed by atoms with Crippen LogP contribution in [0.4, 0.5) is 0 Å². The highest BCUT2D eigenvalue weighted by molar-refractivity contribution is 5.97. The van der Waals surface area contributed by atoms with Gasteiger partial charge in [-0.2, -0.15) is 0 Å². The molecular weight excluding hydrogens is 254 g/mol. The number of amides is 1. The van der Waals surface area contributed by atoms with Crippen LogP contribution in [0.25, 0.3) is 11.1 Å². The Morgan fingerprint density at radius 3 is 2.30 bits per heavy atom. The number of hydrogen-bond donors (Lipinski definition) is 0. The zero-order chi connectivity index (χ0) is 14.5. The third-order valence-electron chi connectivity index (χ3n) is 3.10. The molecule has 2 aromatic rings. The van der Waals surface area contributed by atoms with E-state index in [4.69, 9.17) is 9.57 Å². The second kappa shape index (κ2) is 6.21. The van der Waals surface area contributed by atoms with E-state index in [1.165, 1.54) is 12.2 Å². The van der Waals surface area contributed by atoms with Gasteiger partial charge in [-0.05, 0) is 23.3 Å². The minimum Gasteiger partial charge on any atom is -0.496 e. The molecule has 0 aliphatic heterocycles. The number of benzene rings is 2. The first-order chi connectivity index (χ1) is 9.67. The topological polar surface area (TPSA) is 38.8 Å². The lowest BCUT2D eigenvalue weighted by atomic mass is 10.0. The van der Waals surface area contributed by atoms with Gasteiger partial charge in [0.1, 0.15) is 5.75 Å². The Hall–Kier alpha value is -2.33. The normalized spacial score (nSPS) is 10.2. The average Bonchev–Trinajstić information content (AvgIpc) is 2.53. The molecule has 0 aliphatic carbocycles. The summed E-state index contributed by atoms with van der Waals surface area (Å²) in [5.74, 6) is 0.278. The Morgan fingerprint density at radius 1 is 1.00 bits per heavy atom. The summed E-state index contributed by atoms with van der Waals surface area (Å²) in [6, 6.07) is 15.4. The highest BCUT2D eigenvalue weighted by atomic mass is 16.7. The first-order valence-electron chi connectivity index (χ1n) is 6.23. The van der Waals surface area contributed by atoms with Crippen molar-refractivity contribution < 1.29 is 14.4 Å². The summed E-state index contributed by atoms with van der Waals surface area (Å²) in [5, 5.41) is 1.17. The lowest BCUT2D eigenvalue weighted by Crippen LogP contribution is -2.25. The largest absolute Gasteiger partial charge is 0.496 e. The van der Waals surface area contributed by atoms with Crippen molar-refractivity contribution in [3.05, 3.63) is 54.1 Å². The highest BCUT2D eigenvalue weighted by Gasteiger charge is 2.17. The van der Waals surface area contributed by atoms with E-state index in [1.54, 1.807) is 20.2 Å². The van der Waals surface area contributed by atoms with Crippen molar-refractivity contribution in [2.24, 2.45) is 0 Å². The minimum atomic E-state index is -0.248. The van der Waals surface area contributed by atoms with Crippen molar-refractivity contribution in [3.8, 4) is 16.9 Å². The maximum atomic E-state index is 12.3. The lowest BCUT2D eigenvalue weighted by Gasteiger charge is -2.16. The van der Waals surface area contributed by atoms with Gasteiger partial charge in [-0.3, -0.25) is 9.63 Å². The molecule has 4 heteroatoms. The van der Waals surface area contributed by atoms with Gasteiger partial charge in [-0.1, -0.05) is 36.4 Å². The first kappa shape index (κ1) is 14.1. The van der Waals surface area contributed by atoms with Gasteiger partial charge in [0.15, 0.2) is 0 Å². The summed E-state index contributed by atoms with van der Waals surface area (Å²) in [4.78, 5) is 17.2. The van der Waals surface area contributed by atoms with E-state index in [9.17, 15) is 4.79 Å². The fourth-order valence-corrected chi connectivity index (χ4v) is 1.94. The van der Waals surface area contributed by atoms with Crippen LogP contribution in [0.3, 0.4) is 0 Å². The molecule has 2 aromatic carbocycles. The molecule has 0 radical (unpaired) electrons. The quantitative estimate of drug-likeness (QED) is 0.802. The van der Waals surface area contributed by atoms with Gasteiger partial charge in [-0.15, -0.1) is 0 Å². The molecule has 0 spiro atoms. The van der Waals surface area contributed by atoms with Gasteiger partial charge in [0.05, 0.1) is 19.8 Å². The zero-order valence-corrected chi connectivity index (χ0v) is 11.8.